The van der Waals surface area contributed by atoms with Gasteiger partial charge in [-0.3, -0.25) is 9.48 Å². The number of carbonyl (C=O) groups is 1. The van der Waals surface area contributed by atoms with E-state index in [9.17, 15) is 4.79 Å². The van der Waals surface area contributed by atoms with E-state index < -0.39 is 5.97 Å². The Morgan fingerprint density at radius 3 is 2.73 bits per heavy atom. The smallest absolute Gasteiger partial charge is 0.306 e. The minimum Gasteiger partial charge on any atom is -0.481 e. The Labute approximate surface area is 89.9 Å². The van der Waals surface area contributed by atoms with Crippen LogP contribution in [-0.4, -0.2) is 20.9 Å². The van der Waals surface area contributed by atoms with Crippen molar-refractivity contribution in [3.05, 3.63) is 18.0 Å². The topological polar surface area (TPSA) is 55.1 Å². The van der Waals surface area contributed by atoms with Crippen molar-refractivity contribution in [3.63, 3.8) is 0 Å². The normalized spacial score (nSPS) is 13.1. The zero-order chi connectivity index (χ0) is 11.4. The summed E-state index contributed by atoms with van der Waals surface area (Å²) in [6, 6.07) is 2.28. The van der Waals surface area contributed by atoms with Crippen LogP contribution in [0.25, 0.3) is 0 Å². The van der Waals surface area contributed by atoms with E-state index in [0.717, 1.165) is 12.1 Å². The summed E-state index contributed by atoms with van der Waals surface area (Å²) in [5, 5.41) is 13.0. The standard InChI is InChI=1S/C11H18N2O2/c1-8(2)13-10(6-7-12-13)5-4-9(3)11(14)15/h6-9H,4-5H2,1-3H3,(H,14,15). The van der Waals surface area contributed by atoms with Crippen LogP contribution < -0.4 is 0 Å². The maximum absolute atomic E-state index is 10.7. The van der Waals surface area contributed by atoms with Crippen LogP contribution in [0.4, 0.5) is 0 Å². The molecule has 1 atom stereocenters. The quantitative estimate of drug-likeness (QED) is 0.809. The molecule has 0 spiro atoms. The summed E-state index contributed by atoms with van der Waals surface area (Å²) >= 11 is 0. The van der Waals surface area contributed by atoms with Gasteiger partial charge in [0.2, 0.25) is 0 Å². The molecule has 0 aliphatic heterocycles. The largest absolute Gasteiger partial charge is 0.481 e. The number of aliphatic carboxylic acids is 1. The van der Waals surface area contributed by atoms with Crippen LogP contribution in [0.5, 0.6) is 0 Å². The van der Waals surface area contributed by atoms with Gasteiger partial charge in [-0.05, 0) is 32.8 Å². The first-order valence-corrected chi connectivity index (χ1v) is 5.27. The maximum Gasteiger partial charge on any atom is 0.306 e. The lowest BCUT2D eigenvalue weighted by Gasteiger charge is -2.11. The fraction of sp³-hybridized carbons (Fsp3) is 0.636. The Bertz CT molecular complexity index is 331. The molecule has 0 radical (unpaired) electrons. The molecular formula is C11H18N2O2. The third-order valence-corrected chi connectivity index (χ3v) is 2.50. The van der Waals surface area contributed by atoms with Crippen LogP contribution in [0.15, 0.2) is 12.3 Å². The third kappa shape index (κ3) is 3.08. The highest BCUT2D eigenvalue weighted by atomic mass is 16.4. The lowest BCUT2D eigenvalue weighted by Crippen LogP contribution is -2.13. The highest BCUT2D eigenvalue weighted by Crippen LogP contribution is 2.13. The Morgan fingerprint density at radius 1 is 1.53 bits per heavy atom. The lowest BCUT2D eigenvalue weighted by atomic mass is 10.0. The van der Waals surface area contributed by atoms with E-state index in [-0.39, 0.29) is 5.92 Å². The van der Waals surface area contributed by atoms with Gasteiger partial charge >= 0.3 is 5.97 Å². The fourth-order valence-corrected chi connectivity index (χ4v) is 1.49. The van der Waals surface area contributed by atoms with Crippen LogP contribution in [0.3, 0.4) is 0 Å². The van der Waals surface area contributed by atoms with Crippen LogP contribution >= 0.6 is 0 Å². The number of rotatable bonds is 5. The van der Waals surface area contributed by atoms with E-state index in [1.54, 1.807) is 13.1 Å². The first kappa shape index (κ1) is 11.8. The Hall–Kier alpha value is -1.32. The molecule has 1 N–H and O–H groups in total. The highest BCUT2D eigenvalue weighted by Gasteiger charge is 2.12. The summed E-state index contributed by atoms with van der Waals surface area (Å²) in [4.78, 5) is 10.7. The number of hydrogen-bond donors (Lipinski definition) is 1. The minimum atomic E-state index is -0.731. The van der Waals surface area contributed by atoms with Gasteiger partial charge in [0.05, 0.1) is 5.92 Å². The predicted octanol–water partition coefficient (Wildman–Crippen LogP) is 2.12. The maximum atomic E-state index is 10.7. The average Bonchev–Trinajstić information content (AvgIpc) is 2.61. The molecule has 1 rings (SSSR count). The fourth-order valence-electron chi connectivity index (χ4n) is 1.49. The van der Waals surface area contributed by atoms with Crippen LogP contribution in [0.2, 0.25) is 0 Å². The summed E-state index contributed by atoms with van der Waals surface area (Å²) < 4.78 is 1.94. The molecule has 0 aliphatic carbocycles. The Morgan fingerprint density at radius 2 is 2.20 bits per heavy atom. The van der Waals surface area contributed by atoms with Gasteiger partial charge in [-0.25, -0.2) is 0 Å². The number of aryl methyl sites for hydroxylation is 1. The molecule has 4 nitrogen and oxygen atoms in total. The zero-order valence-electron chi connectivity index (χ0n) is 9.47. The molecule has 0 aromatic carbocycles. The second-order valence-corrected chi connectivity index (χ2v) is 4.14. The molecule has 1 aromatic heterocycles. The van der Waals surface area contributed by atoms with Gasteiger partial charge in [0.15, 0.2) is 0 Å². The number of nitrogens with zero attached hydrogens (tertiary/aromatic N) is 2. The van der Waals surface area contributed by atoms with Crippen molar-refractivity contribution in [2.24, 2.45) is 5.92 Å². The SMILES string of the molecule is CC(CCc1ccnn1C(C)C)C(=O)O. The molecule has 0 fully saturated rings. The lowest BCUT2D eigenvalue weighted by molar-refractivity contribution is -0.141. The van der Waals surface area contributed by atoms with Crippen molar-refractivity contribution in [1.29, 1.82) is 0 Å². The molecule has 0 saturated heterocycles. The first-order valence-electron chi connectivity index (χ1n) is 5.27. The molecule has 0 saturated carbocycles. The van der Waals surface area contributed by atoms with Crippen LogP contribution in [0.1, 0.15) is 38.9 Å². The third-order valence-electron chi connectivity index (χ3n) is 2.50. The van der Waals surface area contributed by atoms with E-state index in [1.165, 1.54) is 0 Å². The van der Waals surface area contributed by atoms with Crippen molar-refractivity contribution in [1.82, 2.24) is 9.78 Å². The van der Waals surface area contributed by atoms with Gasteiger partial charge in [0.1, 0.15) is 0 Å². The van der Waals surface area contributed by atoms with E-state index in [2.05, 4.69) is 18.9 Å². The number of hydrogen-bond acceptors (Lipinski definition) is 2. The average molecular weight is 210 g/mol. The van der Waals surface area contributed by atoms with E-state index in [0.29, 0.717) is 12.5 Å². The van der Waals surface area contributed by atoms with E-state index >= 15 is 0 Å². The summed E-state index contributed by atoms with van der Waals surface area (Å²) in [5.41, 5.74) is 1.11. The van der Waals surface area contributed by atoms with Gasteiger partial charge in [-0.1, -0.05) is 6.92 Å². The molecule has 0 aliphatic rings. The van der Waals surface area contributed by atoms with Crippen molar-refractivity contribution < 1.29 is 9.90 Å². The molecule has 84 valence electrons. The molecule has 1 heterocycles. The molecule has 4 heteroatoms. The number of carboxylic acid groups (broad SMARTS) is 1. The molecule has 15 heavy (non-hydrogen) atoms. The Kier molecular flexibility index (Phi) is 3.88. The second kappa shape index (κ2) is 4.96. The first-order chi connectivity index (χ1) is 7.02. The zero-order valence-corrected chi connectivity index (χ0v) is 9.47. The van der Waals surface area contributed by atoms with Gasteiger partial charge in [0.25, 0.3) is 0 Å². The van der Waals surface area contributed by atoms with Gasteiger partial charge < -0.3 is 5.11 Å². The monoisotopic (exact) mass is 210 g/mol. The summed E-state index contributed by atoms with van der Waals surface area (Å²) in [5.74, 6) is -1.02. The molecule has 0 bridgehead atoms. The van der Waals surface area contributed by atoms with Crippen molar-refractivity contribution in [2.45, 2.75) is 39.7 Å². The second-order valence-electron chi connectivity index (χ2n) is 4.14. The highest BCUT2D eigenvalue weighted by molar-refractivity contribution is 5.69. The van der Waals surface area contributed by atoms with Gasteiger partial charge in [-0.2, -0.15) is 5.10 Å². The van der Waals surface area contributed by atoms with Crippen molar-refractivity contribution >= 4 is 5.97 Å². The molecule has 1 aromatic rings. The van der Waals surface area contributed by atoms with E-state index in [4.69, 9.17) is 5.11 Å². The van der Waals surface area contributed by atoms with Crippen molar-refractivity contribution in [2.75, 3.05) is 0 Å². The molecule has 1 unspecified atom stereocenters. The predicted molar refractivity (Wildman–Crippen MR) is 57.7 cm³/mol. The Balaban J connectivity index is 2.57. The number of aromatic nitrogens is 2. The molecule has 0 amide bonds. The van der Waals surface area contributed by atoms with Gasteiger partial charge in [0, 0.05) is 17.9 Å². The summed E-state index contributed by atoms with van der Waals surface area (Å²) in [6.45, 7) is 5.87. The van der Waals surface area contributed by atoms with Crippen molar-refractivity contribution in [3.8, 4) is 0 Å². The molecular weight excluding hydrogens is 192 g/mol. The van der Waals surface area contributed by atoms with Crippen LogP contribution in [-0.2, 0) is 11.2 Å². The van der Waals surface area contributed by atoms with E-state index in [1.807, 2.05) is 10.7 Å². The van der Waals surface area contributed by atoms with Gasteiger partial charge in [-0.15, -0.1) is 0 Å². The summed E-state index contributed by atoms with van der Waals surface area (Å²) in [7, 11) is 0. The van der Waals surface area contributed by atoms with Crippen LogP contribution in [0, 0.1) is 5.92 Å². The minimum absolute atomic E-state index is 0.291. The number of carboxylic acids is 1. The summed E-state index contributed by atoms with van der Waals surface area (Å²) in [6.07, 6.45) is 3.19.